The van der Waals surface area contributed by atoms with Gasteiger partial charge in [0, 0.05) is 26.3 Å². The second-order valence-electron chi connectivity index (χ2n) is 5.11. The minimum absolute atomic E-state index is 0.0580. The summed E-state index contributed by atoms with van der Waals surface area (Å²) in [6, 6.07) is 14.3. The van der Waals surface area contributed by atoms with Crippen LogP contribution in [0.5, 0.6) is 0 Å². The van der Waals surface area contributed by atoms with Gasteiger partial charge < -0.3 is 10.2 Å². The molecule has 2 aromatic rings. The topological polar surface area (TPSA) is 32.3 Å². The standard InChI is InChI=1S/C17H19FN2O/c1-20(2)15-9-7-13(8-10-15)12-19-17(21)11-14-5-3-4-6-16(14)18/h3-10H,11-12H2,1-2H3,(H,19,21). The molecule has 2 rings (SSSR count). The summed E-state index contributed by atoms with van der Waals surface area (Å²) in [7, 11) is 3.95. The molecule has 2 aromatic carbocycles. The Labute approximate surface area is 124 Å². The minimum Gasteiger partial charge on any atom is -0.378 e. The van der Waals surface area contributed by atoms with Crippen molar-refractivity contribution < 1.29 is 9.18 Å². The molecular formula is C17H19FN2O. The van der Waals surface area contributed by atoms with Gasteiger partial charge in [-0.1, -0.05) is 30.3 Å². The number of hydrogen-bond acceptors (Lipinski definition) is 2. The van der Waals surface area contributed by atoms with Crippen LogP contribution in [0.4, 0.5) is 10.1 Å². The van der Waals surface area contributed by atoms with E-state index in [1.165, 1.54) is 6.07 Å². The molecule has 4 heteroatoms. The molecule has 1 amide bonds. The average Bonchev–Trinajstić information content (AvgIpc) is 2.48. The maximum atomic E-state index is 13.4. The molecule has 0 fully saturated rings. The quantitative estimate of drug-likeness (QED) is 0.916. The van der Waals surface area contributed by atoms with Gasteiger partial charge in [-0.15, -0.1) is 0 Å². The zero-order valence-corrected chi connectivity index (χ0v) is 12.3. The number of benzene rings is 2. The highest BCUT2D eigenvalue weighted by Gasteiger charge is 2.07. The Hall–Kier alpha value is -2.36. The Morgan fingerprint density at radius 1 is 1.10 bits per heavy atom. The summed E-state index contributed by atoms with van der Waals surface area (Å²) in [4.78, 5) is 13.8. The summed E-state index contributed by atoms with van der Waals surface area (Å²) in [5.74, 6) is -0.528. The summed E-state index contributed by atoms with van der Waals surface area (Å²) in [5, 5.41) is 2.80. The van der Waals surface area contributed by atoms with E-state index in [9.17, 15) is 9.18 Å². The van der Waals surface area contributed by atoms with Gasteiger partial charge in [-0.25, -0.2) is 4.39 Å². The van der Waals surface area contributed by atoms with Gasteiger partial charge in [0.25, 0.3) is 0 Å². The molecule has 1 N–H and O–H groups in total. The predicted octanol–water partition coefficient (Wildman–Crippen LogP) is 2.75. The third kappa shape index (κ3) is 4.31. The van der Waals surface area contributed by atoms with Crippen LogP contribution in [0.1, 0.15) is 11.1 Å². The van der Waals surface area contributed by atoms with Crippen LogP contribution in [0, 0.1) is 5.82 Å². The molecule has 0 atom stereocenters. The average molecular weight is 286 g/mol. The van der Waals surface area contributed by atoms with Crippen LogP contribution in [0.15, 0.2) is 48.5 Å². The Balaban J connectivity index is 1.88. The van der Waals surface area contributed by atoms with E-state index in [1.54, 1.807) is 18.2 Å². The molecular weight excluding hydrogens is 267 g/mol. The first-order valence-electron chi connectivity index (χ1n) is 6.82. The summed E-state index contributed by atoms with van der Waals surface area (Å²) >= 11 is 0. The van der Waals surface area contributed by atoms with Crippen LogP contribution in [0.3, 0.4) is 0 Å². The second-order valence-corrected chi connectivity index (χ2v) is 5.11. The zero-order valence-electron chi connectivity index (χ0n) is 12.3. The molecule has 0 aliphatic rings. The van der Waals surface area contributed by atoms with Crippen molar-refractivity contribution in [3.63, 3.8) is 0 Å². The van der Waals surface area contributed by atoms with Gasteiger partial charge in [-0.2, -0.15) is 0 Å². The minimum atomic E-state index is -0.344. The molecule has 0 spiro atoms. The van der Waals surface area contributed by atoms with E-state index in [2.05, 4.69) is 5.32 Å². The highest BCUT2D eigenvalue weighted by molar-refractivity contribution is 5.78. The fourth-order valence-electron chi connectivity index (χ4n) is 1.99. The van der Waals surface area contributed by atoms with Gasteiger partial charge in [0.15, 0.2) is 0 Å². The number of anilines is 1. The first-order valence-corrected chi connectivity index (χ1v) is 6.82. The monoisotopic (exact) mass is 286 g/mol. The molecule has 0 saturated heterocycles. The third-order valence-electron chi connectivity index (χ3n) is 3.25. The Kier molecular flexibility index (Phi) is 4.93. The molecule has 0 aromatic heterocycles. The lowest BCUT2D eigenvalue weighted by Gasteiger charge is -2.13. The Morgan fingerprint density at radius 2 is 1.76 bits per heavy atom. The number of carbonyl (C=O) groups excluding carboxylic acids is 1. The summed E-state index contributed by atoms with van der Waals surface area (Å²) in [6.07, 6.45) is 0.0580. The van der Waals surface area contributed by atoms with E-state index < -0.39 is 0 Å². The molecule has 0 bridgehead atoms. The van der Waals surface area contributed by atoms with Crippen LogP contribution < -0.4 is 10.2 Å². The van der Waals surface area contributed by atoms with Gasteiger partial charge in [-0.3, -0.25) is 4.79 Å². The highest BCUT2D eigenvalue weighted by atomic mass is 19.1. The smallest absolute Gasteiger partial charge is 0.224 e. The van der Waals surface area contributed by atoms with Crippen molar-refractivity contribution in [2.24, 2.45) is 0 Å². The van der Waals surface area contributed by atoms with Crippen molar-refractivity contribution in [3.05, 3.63) is 65.5 Å². The van der Waals surface area contributed by atoms with Gasteiger partial charge >= 0.3 is 0 Å². The van der Waals surface area contributed by atoms with Crippen LogP contribution in [-0.4, -0.2) is 20.0 Å². The lowest BCUT2D eigenvalue weighted by Crippen LogP contribution is -2.24. The molecule has 0 heterocycles. The van der Waals surface area contributed by atoms with Crippen molar-refractivity contribution in [3.8, 4) is 0 Å². The van der Waals surface area contributed by atoms with Crippen molar-refractivity contribution in [2.75, 3.05) is 19.0 Å². The second kappa shape index (κ2) is 6.88. The number of nitrogens with one attached hydrogen (secondary N) is 1. The van der Waals surface area contributed by atoms with Crippen molar-refractivity contribution >= 4 is 11.6 Å². The Bertz CT molecular complexity index is 608. The fourth-order valence-corrected chi connectivity index (χ4v) is 1.99. The number of nitrogens with zero attached hydrogens (tertiary/aromatic N) is 1. The molecule has 0 aliphatic heterocycles. The van der Waals surface area contributed by atoms with Crippen LogP contribution in [-0.2, 0) is 17.8 Å². The zero-order chi connectivity index (χ0) is 15.2. The summed E-state index contributed by atoms with van der Waals surface area (Å²) in [5.41, 5.74) is 2.54. The number of rotatable bonds is 5. The SMILES string of the molecule is CN(C)c1ccc(CNC(=O)Cc2ccccc2F)cc1. The van der Waals surface area contributed by atoms with E-state index in [4.69, 9.17) is 0 Å². The van der Waals surface area contributed by atoms with E-state index >= 15 is 0 Å². The Morgan fingerprint density at radius 3 is 2.38 bits per heavy atom. The molecule has 0 radical (unpaired) electrons. The molecule has 3 nitrogen and oxygen atoms in total. The maximum absolute atomic E-state index is 13.4. The highest BCUT2D eigenvalue weighted by Crippen LogP contribution is 2.12. The lowest BCUT2D eigenvalue weighted by atomic mass is 10.1. The number of amides is 1. The van der Waals surface area contributed by atoms with Crippen LogP contribution >= 0.6 is 0 Å². The van der Waals surface area contributed by atoms with E-state index in [0.717, 1.165) is 11.3 Å². The lowest BCUT2D eigenvalue weighted by molar-refractivity contribution is -0.120. The number of halogens is 1. The molecule has 0 saturated carbocycles. The van der Waals surface area contributed by atoms with Crippen molar-refractivity contribution in [1.29, 1.82) is 0 Å². The van der Waals surface area contributed by atoms with E-state index in [0.29, 0.717) is 12.1 Å². The summed E-state index contributed by atoms with van der Waals surface area (Å²) < 4.78 is 13.4. The first kappa shape index (κ1) is 15.0. The van der Waals surface area contributed by atoms with Gasteiger partial charge in [0.1, 0.15) is 5.82 Å². The van der Waals surface area contributed by atoms with E-state index in [1.807, 2.05) is 43.3 Å². The molecule has 0 unspecified atom stereocenters. The summed E-state index contributed by atoms with van der Waals surface area (Å²) in [6.45, 7) is 0.445. The number of carbonyl (C=O) groups is 1. The molecule has 110 valence electrons. The third-order valence-corrected chi connectivity index (χ3v) is 3.25. The van der Waals surface area contributed by atoms with Crippen molar-refractivity contribution in [2.45, 2.75) is 13.0 Å². The predicted molar refractivity (Wildman–Crippen MR) is 82.7 cm³/mol. The van der Waals surface area contributed by atoms with Gasteiger partial charge in [0.2, 0.25) is 5.91 Å². The maximum Gasteiger partial charge on any atom is 0.224 e. The van der Waals surface area contributed by atoms with Gasteiger partial charge in [-0.05, 0) is 29.3 Å². The largest absolute Gasteiger partial charge is 0.378 e. The molecule has 0 aliphatic carbocycles. The molecule has 21 heavy (non-hydrogen) atoms. The fraction of sp³-hybridized carbons (Fsp3) is 0.235. The van der Waals surface area contributed by atoms with E-state index in [-0.39, 0.29) is 18.1 Å². The normalized spacial score (nSPS) is 10.2. The van der Waals surface area contributed by atoms with Gasteiger partial charge in [0.05, 0.1) is 6.42 Å². The van der Waals surface area contributed by atoms with Crippen molar-refractivity contribution in [1.82, 2.24) is 5.32 Å². The first-order chi connectivity index (χ1) is 10.1. The number of hydrogen-bond donors (Lipinski definition) is 1. The van der Waals surface area contributed by atoms with Crippen LogP contribution in [0.2, 0.25) is 0 Å². The van der Waals surface area contributed by atoms with Crippen LogP contribution in [0.25, 0.3) is 0 Å².